The molecule has 0 N–H and O–H groups in total. The Balaban J connectivity index is 1.68. The highest BCUT2D eigenvalue weighted by Gasteiger charge is 2.10. The van der Waals surface area contributed by atoms with Gasteiger partial charge < -0.3 is 9.30 Å². The molecule has 0 bridgehead atoms. The van der Waals surface area contributed by atoms with Gasteiger partial charge in [-0.25, -0.2) is 4.39 Å². The van der Waals surface area contributed by atoms with Crippen molar-refractivity contribution < 1.29 is 9.13 Å². The first-order valence-electron chi connectivity index (χ1n) is 8.26. The van der Waals surface area contributed by atoms with Crippen LogP contribution in [0.5, 0.6) is 0 Å². The number of aromatic nitrogens is 1. The predicted molar refractivity (Wildman–Crippen MR) is 93.7 cm³/mol. The summed E-state index contributed by atoms with van der Waals surface area (Å²) >= 11 is 0. The molecule has 4 rings (SSSR count). The average Bonchev–Trinajstić information content (AvgIpc) is 3.05. The minimum atomic E-state index is -0.224. The second-order valence-electron chi connectivity index (χ2n) is 6.09. The van der Waals surface area contributed by atoms with Crippen molar-refractivity contribution in [3.63, 3.8) is 0 Å². The van der Waals surface area contributed by atoms with Crippen molar-refractivity contribution in [1.29, 1.82) is 0 Å². The molecule has 0 unspecified atom stereocenters. The molecule has 2 heterocycles. The fourth-order valence-corrected chi connectivity index (χ4v) is 3.06. The minimum absolute atomic E-state index is 0.224. The first kappa shape index (κ1) is 15.0. The Hall–Kier alpha value is -2.57. The van der Waals surface area contributed by atoms with Crippen molar-refractivity contribution in [3.8, 4) is 17.5 Å². The van der Waals surface area contributed by atoms with E-state index in [1.54, 1.807) is 12.1 Å². The molecule has 3 heteroatoms. The van der Waals surface area contributed by atoms with Crippen LogP contribution in [0.3, 0.4) is 0 Å². The van der Waals surface area contributed by atoms with Gasteiger partial charge in [-0.2, -0.15) is 0 Å². The van der Waals surface area contributed by atoms with E-state index in [2.05, 4.69) is 40.7 Å². The van der Waals surface area contributed by atoms with E-state index >= 15 is 0 Å². The zero-order valence-corrected chi connectivity index (χ0v) is 13.3. The highest BCUT2D eigenvalue weighted by atomic mass is 19.1. The third-order valence-corrected chi connectivity index (χ3v) is 4.44. The number of rotatable bonds is 1. The normalized spacial score (nSPS) is 15.2. The Morgan fingerprint density at radius 1 is 1.00 bits per heavy atom. The Labute approximate surface area is 140 Å². The van der Waals surface area contributed by atoms with Crippen LogP contribution in [0.1, 0.15) is 18.4 Å². The number of hydrogen-bond acceptors (Lipinski definition) is 1. The predicted octanol–water partition coefficient (Wildman–Crippen LogP) is 4.55. The molecule has 0 radical (unpaired) electrons. The number of fused-ring (bicyclic) bond motifs is 1. The summed E-state index contributed by atoms with van der Waals surface area (Å²) in [5.41, 5.74) is 3.04. The van der Waals surface area contributed by atoms with E-state index in [-0.39, 0.29) is 5.82 Å². The number of ether oxygens (including phenoxy) is 1. The molecule has 0 aliphatic carbocycles. The lowest BCUT2D eigenvalue weighted by molar-refractivity contribution is 0.0807. The monoisotopic (exact) mass is 319 g/mol. The molecule has 1 aromatic heterocycles. The number of halogens is 1. The van der Waals surface area contributed by atoms with E-state index in [1.165, 1.54) is 12.1 Å². The van der Waals surface area contributed by atoms with Crippen LogP contribution >= 0.6 is 0 Å². The molecule has 0 amide bonds. The molecule has 1 aliphatic heterocycles. The van der Waals surface area contributed by atoms with E-state index < -0.39 is 0 Å². The quantitative estimate of drug-likeness (QED) is 0.600. The maximum absolute atomic E-state index is 13.1. The Morgan fingerprint density at radius 2 is 1.79 bits per heavy atom. The fourth-order valence-electron chi connectivity index (χ4n) is 3.06. The van der Waals surface area contributed by atoms with E-state index in [0.717, 1.165) is 48.2 Å². The van der Waals surface area contributed by atoms with E-state index in [9.17, 15) is 4.39 Å². The summed E-state index contributed by atoms with van der Waals surface area (Å²) in [4.78, 5) is 0. The van der Waals surface area contributed by atoms with Crippen molar-refractivity contribution in [1.82, 2.24) is 4.57 Å². The topological polar surface area (TPSA) is 14.2 Å². The van der Waals surface area contributed by atoms with Gasteiger partial charge in [-0.15, -0.1) is 0 Å². The van der Waals surface area contributed by atoms with Crippen LogP contribution in [0.2, 0.25) is 0 Å². The molecule has 2 aromatic carbocycles. The molecule has 0 spiro atoms. The SMILES string of the molecule is Fc1ccc(-n2ccc3ccc(C#CC4CCOCC4)cc32)cc1. The van der Waals surface area contributed by atoms with Crippen molar-refractivity contribution in [2.45, 2.75) is 12.8 Å². The van der Waals surface area contributed by atoms with E-state index in [0.29, 0.717) is 5.92 Å². The summed E-state index contributed by atoms with van der Waals surface area (Å²) in [7, 11) is 0. The lowest BCUT2D eigenvalue weighted by Gasteiger charge is -2.16. The van der Waals surface area contributed by atoms with Crippen LogP contribution < -0.4 is 0 Å². The van der Waals surface area contributed by atoms with Crippen LogP contribution in [0, 0.1) is 23.6 Å². The second kappa shape index (κ2) is 6.51. The third kappa shape index (κ3) is 3.06. The zero-order chi connectivity index (χ0) is 16.4. The van der Waals surface area contributed by atoms with Gasteiger partial charge in [0.15, 0.2) is 0 Å². The van der Waals surface area contributed by atoms with Crippen LogP contribution in [-0.2, 0) is 4.74 Å². The highest BCUT2D eigenvalue weighted by molar-refractivity contribution is 5.83. The summed E-state index contributed by atoms with van der Waals surface area (Å²) in [6, 6.07) is 14.8. The van der Waals surface area contributed by atoms with Gasteiger partial charge in [0.05, 0.1) is 5.52 Å². The lowest BCUT2D eigenvalue weighted by atomic mass is 10.0. The Kier molecular flexibility index (Phi) is 4.06. The smallest absolute Gasteiger partial charge is 0.123 e. The number of nitrogens with zero attached hydrogens (tertiary/aromatic N) is 1. The third-order valence-electron chi connectivity index (χ3n) is 4.44. The average molecular weight is 319 g/mol. The molecular formula is C21H18FNO. The Morgan fingerprint density at radius 3 is 2.58 bits per heavy atom. The minimum Gasteiger partial charge on any atom is -0.381 e. The van der Waals surface area contributed by atoms with E-state index in [4.69, 9.17) is 4.74 Å². The summed E-state index contributed by atoms with van der Waals surface area (Å²) in [6.07, 6.45) is 4.04. The van der Waals surface area contributed by atoms with Crippen molar-refractivity contribution in [2.75, 3.05) is 13.2 Å². The largest absolute Gasteiger partial charge is 0.381 e. The fraction of sp³-hybridized carbons (Fsp3) is 0.238. The summed E-state index contributed by atoms with van der Waals surface area (Å²) < 4.78 is 20.6. The van der Waals surface area contributed by atoms with Gasteiger partial charge >= 0.3 is 0 Å². The standard InChI is InChI=1S/C21H18FNO/c22-19-5-7-20(8-6-19)23-12-9-18-4-3-17(15-21(18)23)2-1-16-10-13-24-14-11-16/h3-9,12,15-16H,10-11,13-14H2. The summed E-state index contributed by atoms with van der Waals surface area (Å²) in [6.45, 7) is 1.62. The second-order valence-corrected chi connectivity index (χ2v) is 6.09. The molecule has 3 aromatic rings. The molecule has 1 saturated heterocycles. The van der Waals surface area contributed by atoms with Crippen LogP contribution in [0.15, 0.2) is 54.7 Å². The van der Waals surface area contributed by atoms with Gasteiger partial charge in [0.1, 0.15) is 5.82 Å². The van der Waals surface area contributed by atoms with Crippen molar-refractivity contribution >= 4 is 10.9 Å². The first-order valence-corrected chi connectivity index (χ1v) is 8.26. The summed E-state index contributed by atoms with van der Waals surface area (Å²) in [5.74, 6) is 6.88. The highest BCUT2D eigenvalue weighted by Crippen LogP contribution is 2.22. The van der Waals surface area contributed by atoms with Crippen LogP contribution in [-0.4, -0.2) is 17.8 Å². The van der Waals surface area contributed by atoms with Gasteiger partial charge in [-0.3, -0.25) is 0 Å². The van der Waals surface area contributed by atoms with Crippen LogP contribution in [0.4, 0.5) is 4.39 Å². The maximum atomic E-state index is 13.1. The molecule has 24 heavy (non-hydrogen) atoms. The Bertz CT molecular complexity index is 908. The zero-order valence-electron chi connectivity index (χ0n) is 13.3. The number of benzene rings is 2. The van der Waals surface area contributed by atoms with Gasteiger partial charge in [-0.05, 0) is 55.3 Å². The first-order chi connectivity index (χ1) is 11.8. The van der Waals surface area contributed by atoms with E-state index in [1.807, 2.05) is 6.20 Å². The van der Waals surface area contributed by atoms with Crippen LogP contribution in [0.25, 0.3) is 16.6 Å². The maximum Gasteiger partial charge on any atom is 0.123 e. The molecule has 1 fully saturated rings. The van der Waals surface area contributed by atoms with Gasteiger partial charge in [0.2, 0.25) is 0 Å². The van der Waals surface area contributed by atoms with Gasteiger partial charge in [0.25, 0.3) is 0 Å². The molecular weight excluding hydrogens is 301 g/mol. The molecule has 0 atom stereocenters. The van der Waals surface area contributed by atoms with Crippen molar-refractivity contribution in [3.05, 3.63) is 66.1 Å². The van der Waals surface area contributed by atoms with Crippen molar-refractivity contribution in [2.24, 2.45) is 5.92 Å². The number of hydrogen-bond donors (Lipinski definition) is 0. The van der Waals surface area contributed by atoms with Gasteiger partial charge in [-0.1, -0.05) is 17.9 Å². The molecule has 120 valence electrons. The lowest BCUT2D eigenvalue weighted by Crippen LogP contribution is -2.13. The molecule has 2 nitrogen and oxygen atoms in total. The van der Waals surface area contributed by atoms with Gasteiger partial charge in [0, 0.05) is 42.0 Å². The molecule has 1 aliphatic rings. The molecule has 0 saturated carbocycles. The summed E-state index contributed by atoms with van der Waals surface area (Å²) in [5, 5.41) is 1.15.